The van der Waals surface area contributed by atoms with Crippen molar-refractivity contribution in [2.45, 2.75) is 64.1 Å². The van der Waals surface area contributed by atoms with Crippen molar-refractivity contribution in [3.63, 3.8) is 0 Å². The Bertz CT molecular complexity index is 414. The molecule has 2 unspecified atom stereocenters. The van der Waals surface area contributed by atoms with E-state index >= 15 is 0 Å². The van der Waals surface area contributed by atoms with Crippen molar-refractivity contribution in [1.29, 1.82) is 0 Å². The molecule has 2 atom stereocenters. The molecule has 3 heteroatoms. The molecule has 20 heavy (non-hydrogen) atoms. The SMILES string of the molecule is CCc1ccc(OC(C)CC(C)(CO)NC2CC2)cc1. The predicted molar refractivity (Wildman–Crippen MR) is 82.2 cm³/mol. The van der Waals surface area contributed by atoms with Gasteiger partial charge in [-0.2, -0.15) is 0 Å². The molecular weight excluding hydrogens is 250 g/mol. The van der Waals surface area contributed by atoms with Crippen molar-refractivity contribution in [3.05, 3.63) is 29.8 Å². The van der Waals surface area contributed by atoms with Crippen LogP contribution in [0.2, 0.25) is 0 Å². The third-order valence-electron chi connectivity index (χ3n) is 3.89. The van der Waals surface area contributed by atoms with Gasteiger partial charge in [0, 0.05) is 18.0 Å². The molecular formula is C17H27NO2. The molecule has 0 aliphatic heterocycles. The van der Waals surface area contributed by atoms with Gasteiger partial charge < -0.3 is 15.2 Å². The average molecular weight is 277 g/mol. The number of aliphatic hydroxyl groups is 1. The summed E-state index contributed by atoms with van der Waals surface area (Å²) in [6.07, 6.45) is 4.37. The summed E-state index contributed by atoms with van der Waals surface area (Å²) in [7, 11) is 0. The normalized spacial score (nSPS) is 19.4. The van der Waals surface area contributed by atoms with Crippen LogP contribution >= 0.6 is 0 Å². The van der Waals surface area contributed by atoms with Crippen LogP contribution in [0.4, 0.5) is 0 Å². The Morgan fingerprint density at radius 1 is 1.35 bits per heavy atom. The quantitative estimate of drug-likeness (QED) is 0.767. The van der Waals surface area contributed by atoms with Crippen LogP contribution in [-0.2, 0) is 6.42 Å². The van der Waals surface area contributed by atoms with Gasteiger partial charge in [-0.1, -0.05) is 19.1 Å². The molecule has 1 aromatic rings. The first kappa shape index (κ1) is 15.3. The number of hydrogen-bond acceptors (Lipinski definition) is 3. The van der Waals surface area contributed by atoms with Gasteiger partial charge in [-0.15, -0.1) is 0 Å². The largest absolute Gasteiger partial charge is 0.491 e. The van der Waals surface area contributed by atoms with E-state index in [0.29, 0.717) is 6.04 Å². The summed E-state index contributed by atoms with van der Waals surface area (Å²) in [6, 6.07) is 8.86. The predicted octanol–water partition coefficient (Wildman–Crippen LogP) is 2.91. The van der Waals surface area contributed by atoms with E-state index in [2.05, 4.69) is 38.2 Å². The Balaban J connectivity index is 1.87. The van der Waals surface area contributed by atoms with E-state index in [-0.39, 0.29) is 18.2 Å². The van der Waals surface area contributed by atoms with Crippen molar-refractivity contribution in [2.75, 3.05) is 6.61 Å². The Labute approximate surface area is 122 Å². The average Bonchev–Trinajstić information content (AvgIpc) is 3.23. The molecule has 1 aliphatic rings. The zero-order valence-electron chi connectivity index (χ0n) is 12.9. The van der Waals surface area contributed by atoms with Gasteiger partial charge in [0.25, 0.3) is 0 Å². The van der Waals surface area contributed by atoms with Gasteiger partial charge >= 0.3 is 0 Å². The molecule has 1 aliphatic carbocycles. The highest BCUT2D eigenvalue weighted by molar-refractivity contribution is 5.27. The molecule has 3 nitrogen and oxygen atoms in total. The first-order valence-electron chi connectivity index (χ1n) is 7.69. The lowest BCUT2D eigenvalue weighted by Gasteiger charge is -2.32. The summed E-state index contributed by atoms with van der Waals surface area (Å²) in [6.45, 7) is 6.43. The minimum absolute atomic E-state index is 0.0749. The molecule has 1 fully saturated rings. The Kier molecular flexibility index (Phi) is 5.06. The van der Waals surface area contributed by atoms with Crippen LogP contribution in [0.25, 0.3) is 0 Å². The van der Waals surface area contributed by atoms with Crippen LogP contribution < -0.4 is 10.1 Å². The fourth-order valence-corrected chi connectivity index (χ4v) is 2.60. The van der Waals surface area contributed by atoms with E-state index < -0.39 is 0 Å². The zero-order chi connectivity index (χ0) is 14.6. The van der Waals surface area contributed by atoms with Crippen molar-refractivity contribution in [3.8, 4) is 5.75 Å². The maximum atomic E-state index is 9.63. The first-order valence-corrected chi connectivity index (χ1v) is 7.69. The monoisotopic (exact) mass is 277 g/mol. The number of nitrogens with one attached hydrogen (secondary N) is 1. The van der Waals surface area contributed by atoms with Gasteiger partial charge in [0.05, 0.1) is 12.7 Å². The van der Waals surface area contributed by atoms with Gasteiger partial charge in [0.1, 0.15) is 5.75 Å². The molecule has 1 saturated carbocycles. The van der Waals surface area contributed by atoms with Gasteiger partial charge in [0.2, 0.25) is 0 Å². The fourth-order valence-electron chi connectivity index (χ4n) is 2.60. The maximum Gasteiger partial charge on any atom is 0.119 e. The van der Waals surface area contributed by atoms with Crippen LogP contribution in [0, 0.1) is 0 Å². The van der Waals surface area contributed by atoms with E-state index in [1.165, 1.54) is 18.4 Å². The number of ether oxygens (including phenoxy) is 1. The second-order valence-electron chi connectivity index (χ2n) is 6.27. The molecule has 0 bridgehead atoms. The summed E-state index contributed by atoms with van der Waals surface area (Å²) in [5.74, 6) is 0.904. The summed E-state index contributed by atoms with van der Waals surface area (Å²) in [4.78, 5) is 0. The van der Waals surface area contributed by atoms with Gasteiger partial charge in [-0.25, -0.2) is 0 Å². The minimum atomic E-state index is -0.246. The second kappa shape index (κ2) is 6.59. The number of aryl methyl sites for hydroxylation is 1. The van der Waals surface area contributed by atoms with Crippen LogP contribution in [0.3, 0.4) is 0 Å². The molecule has 2 rings (SSSR count). The zero-order valence-corrected chi connectivity index (χ0v) is 12.9. The molecule has 0 aromatic heterocycles. The molecule has 1 aromatic carbocycles. The maximum absolute atomic E-state index is 9.63. The Morgan fingerprint density at radius 3 is 2.50 bits per heavy atom. The molecule has 0 heterocycles. The van der Waals surface area contributed by atoms with E-state index in [4.69, 9.17) is 4.74 Å². The van der Waals surface area contributed by atoms with Crippen LogP contribution in [0.1, 0.15) is 45.6 Å². The van der Waals surface area contributed by atoms with E-state index in [0.717, 1.165) is 18.6 Å². The standard InChI is InChI=1S/C17H27NO2/c1-4-14-5-9-16(10-6-14)20-13(2)11-17(3,12-19)18-15-7-8-15/h5-6,9-10,13,15,18-19H,4,7-8,11-12H2,1-3H3. The van der Waals surface area contributed by atoms with E-state index in [1.54, 1.807) is 0 Å². The Hall–Kier alpha value is -1.06. The van der Waals surface area contributed by atoms with Gasteiger partial charge in [0.15, 0.2) is 0 Å². The summed E-state index contributed by atoms with van der Waals surface area (Å²) in [5.41, 5.74) is 1.07. The van der Waals surface area contributed by atoms with Crippen molar-refractivity contribution in [2.24, 2.45) is 0 Å². The molecule has 0 spiro atoms. The van der Waals surface area contributed by atoms with Gasteiger partial charge in [-0.05, 0) is 50.8 Å². The molecule has 0 radical (unpaired) electrons. The van der Waals surface area contributed by atoms with E-state index in [1.807, 2.05) is 12.1 Å². The third-order valence-corrected chi connectivity index (χ3v) is 3.89. The summed E-state index contributed by atoms with van der Waals surface area (Å²) < 4.78 is 5.96. The lowest BCUT2D eigenvalue weighted by atomic mass is 9.95. The summed E-state index contributed by atoms with van der Waals surface area (Å²) >= 11 is 0. The fraction of sp³-hybridized carbons (Fsp3) is 0.647. The highest BCUT2D eigenvalue weighted by Gasteiger charge is 2.33. The lowest BCUT2D eigenvalue weighted by molar-refractivity contribution is 0.108. The number of rotatable bonds is 8. The third kappa shape index (κ3) is 4.50. The van der Waals surface area contributed by atoms with Crippen LogP contribution in [0.5, 0.6) is 5.75 Å². The Morgan fingerprint density at radius 2 is 2.00 bits per heavy atom. The number of hydrogen-bond donors (Lipinski definition) is 2. The lowest BCUT2D eigenvalue weighted by Crippen LogP contribution is -2.49. The van der Waals surface area contributed by atoms with Crippen molar-refractivity contribution in [1.82, 2.24) is 5.32 Å². The molecule has 112 valence electrons. The second-order valence-corrected chi connectivity index (χ2v) is 6.27. The highest BCUT2D eigenvalue weighted by atomic mass is 16.5. The topological polar surface area (TPSA) is 41.5 Å². The minimum Gasteiger partial charge on any atom is -0.491 e. The van der Waals surface area contributed by atoms with Crippen molar-refractivity contribution >= 4 is 0 Å². The molecule has 0 saturated heterocycles. The van der Waals surface area contributed by atoms with Crippen LogP contribution in [0.15, 0.2) is 24.3 Å². The van der Waals surface area contributed by atoms with Crippen LogP contribution in [-0.4, -0.2) is 29.4 Å². The number of benzene rings is 1. The van der Waals surface area contributed by atoms with E-state index in [9.17, 15) is 5.11 Å². The highest BCUT2D eigenvalue weighted by Crippen LogP contribution is 2.25. The first-order chi connectivity index (χ1) is 9.54. The summed E-state index contributed by atoms with van der Waals surface area (Å²) in [5, 5.41) is 13.1. The molecule has 0 amide bonds. The molecule has 2 N–H and O–H groups in total. The van der Waals surface area contributed by atoms with Crippen molar-refractivity contribution < 1.29 is 9.84 Å². The number of aliphatic hydroxyl groups excluding tert-OH is 1. The smallest absolute Gasteiger partial charge is 0.119 e. The van der Waals surface area contributed by atoms with Gasteiger partial charge in [-0.3, -0.25) is 0 Å².